The van der Waals surface area contributed by atoms with Crippen molar-refractivity contribution < 1.29 is 9.32 Å². The molecule has 126 valence electrons. The molecule has 1 atom stereocenters. The number of fused-ring (bicyclic) bond motifs is 1. The summed E-state index contributed by atoms with van der Waals surface area (Å²) in [6, 6.07) is 20.2. The standard InChI is InChI=1S/C20H19N3O2/c1-14-11-19(22-25-14)21-20(24)23-12-16-9-5-6-10-17(16)18(13-23)15-7-3-2-4-8-15/h2-11,18H,12-13H2,1H3,(H,21,22,24)/t18-/m0/s1. The zero-order valence-corrected chi connectivity index (χ0v) is 14.0. The zero-order chi connectivity index (χ0) is 17.2. The van der Waals surface area contributed by atoms with Crippen LogP contribution in [-0.2, 0) is 6.54 Å². The predicted molar refractivity (Wildman–Crippen MR) is 95.4 cm³/mol. The molecule has 0 saturated heterocycles. The molecule has 0 saturated carbocycles. The monoisotopic (exact) mass is 333 g/mol. The number of benzene rings is 2. The Morgan fingerprint density at radius 3 is 2.68 bits per heavy atom. The third-order valence-corrected chi connectivity index (χ3v) is 4.55. The van der Waals surface area contributed by atoms with Gasteiger partial charge in [-0.05, 0) is 23.6 Å². The molecule has 1 aromatic heterocycles. The summed E-state index contributed by atoms with van der Waals surface area (Å²) in [7, 11) is 0. The van der Waals surface area contributed by atoms with Crippen LogP contribution < -0.4 is 5.32 Å². The number of hydrogen-bond donors (Lipinski definition) is 1. The quantitative estimate of drug-likeness (QED) is 0.766. The lowest BCUT2D eigenvalue weighted by molar-refractivity contribution is 0.202. The first-order valence-corrected chi connectivity index (χ1v) is 8.33. The highest BCUT2D eigenvalue weighted by molar-refractivity contribution is 5.88. The van der Waals surface area contributed by atoms with Gasteiger partial charge in [-0.3, -0.25) is 5.32 Å². The summed E-state index contributed by atoms with van der Waals surface area (Å²) in [6.07, 6.45) is 0. The molecular formula is C20H19N3O2. The van der Waals surface area contributed by atoms with Crippen LogP contribution in [0.3, 0.4) is 0 Å². The highest BCUT2D eigenvalue weighted by Crippen LogP contribution is 2.33. The first kappa shape index (κ1) is 15.4. The van der Waals surface area contributed by atoms with Crippen molar-refractivity contribution in [2.75, 3.05) is 11.9 Å². The number of carbonyl (C=O) groups is 1. The van der Waals surface area contributed by atoms with Crippen LogP contribution in [0.15, 0.2) is 65.2 Å². The fraction of sp³-hybridized carbons (Fsp3) is 0.200. The Morgan fingerprint density at radius 1 is 1.16 bits per heavy atom. The van der Waals surface area contributed by atoms with Crippen molar-refractivity contribution in [2.24, 2.45) is 0 Å². The number of rotatable bonds is 2. The number of aromatic nitrogens is 1. The number of anilines is 1. The van der Waals surface area contributed by atoms with Crippen molar-refractivity contribution in [3.8, 4) is 0 Å². The van der Waals surface area contributed by atoms with Gasteiger partial charge in [-0.1, -0.05) is 59.8 Å². The molecule has 1 aliphatic rings. The maximum absolute atomic E-state index is 12.7. The summed E-state index contributed by atoms with van der Waals surface area (Å²) in [6.45, 7) is 3.01. The van der Waals surface area contributed by atoms with Crippen molar-refractivity contribution in [2.45, 2.75) is 19.4 Å². The third-order valence-electron chi connectivity index (χ3n) is 4.55. The van der Waals surface area contributed by atoms with Crippen molar-refractivity contribution in [3.63, 3.8) is 0 Å². The normalized spacial score (nSPS) is 16.4. The second kappa shape index (κ2) is 6.43. The number of hydrogen-bond acceptors (Lipinski definition) is 3. The molecule has 5 heteroatoms. The number of nitrogens with zero attached hydrogens (tertiary/aromatic N) is 2. The summed E-state index contributed by atoms with van der Waals surface area (Å²) in [4.78, 5) is 14.5. The van der Waals surface area contributed by atoms with E-state index in [4.69, 9.17) is 4.52 Å². The fourth-order valence-corrected chi connectivity index (χ4v) is 3.35. The molecule has 0 bridgehead atoms. The van der Waals surface area contributed by atoms with E-state index in [1.807, 2.05) is 29.2 Å². The van der Waals surface area contributed by atoms with E-state index in [1.165, 1.54) is 16.7 Å². The van der Waals surface area contributed by atoms with Crippen molar-refractivity contribution in [1.29, 1.82) is 0 Å². The molecule has 2 amide bonds. The van der Waals surface area contributed by atoms with Crippen LogP contribution in [0.25, 0.3) is 0 Å². The van der Waals surface area contributed by atoms with Gasteiger partial charge in [0, 0.05) is 25.1 Å². The van der Waals surface area contributed by atoms with Gasteiger partial charge in [0.05, 0.1) is 0 Å². The minimum atomic E-state index is -0.163. The van der Waals surface area contributed by atoms with E-state index >= 15 is 0 Å². The van der Waals surface area contributed by atoms with Crippen molar-refractivity contribution >= 4 is 11.8 Å². The van der Waals surface area contributed by atoms with E-state index in [-0.39, 0.29) is 11.9 Å². The van der Waals surface area contributed by atoms with Crippen LogP contribution in [0.2, 0.25) is 0 Å². The lowest BCUT2D eigenvalue weighted by Crippen LogP contribution is -2.41. The number of amides is 2. The average Bonchev–Trinajstić information content (AvgIpc) is 3.06. The van der Waals surface area contributed by atoms with Crippen LogP contribution in [0, 0.1) is 6.92 Å². The van der Waals surface area contributed by atoms with Crippen LogP contribution >= 0.6 is 0 Å². The largest absolute Gasteiger partial charge is 0.360 e. The molecule has 1 aliphatic heterocycles. The fourth-order valence-electron chi connectivity index (χ4n) is 3.35. The molecule has 25 heavy (non-hydrogen) atoms. The number of aryl methyl sites for hydroxylation is 1. The van der Waals surface area contributed by atoms with E-state index in [9.17, 15) is 4.79 Å². The molecule has 0 unspecified atom stereocenters. The highest BCUT2D eigenvalue weighted by Gasteiger charge is 2.29. The predicted octanol–water partition coefficient (Wildman–Crippen LogP) is 4.16. The molecule has 0 spiro atoms. The molecule has 2 heterocycles. The smallest absolute Gasteiger partial charge is 0.323 e. The van der Waals surface area contributed by atoms with E-state index < -0.39 is 0 Å². The van der Waals surface area contributed by atoms with E-state index in [1.54, 1.807) is 13.0 Å². The van der Waals surface area contributed by atoms with Crippen LogP contribution in [0.4, 0.5) is 10.6 Å². The molecular weight excluding hydrogens is 314 g/mol. The van der Waals surface area contributed by atoms with Crippen molar-refractivity contribution in [1.82, 2.24) is 10.1 Å². The minimum Gasteiger partial charge on any atom is -0.360 e. The molecule has 1 N–H and O–H groups in total. The molecule has 5 nitrogen and oxygen atoms in total. The Kier molecular flexibility index (Phi) is 3.98. The van der Waals surface area contributed by atoms with Crippen LogP contribution in [-0.4, -0.2) is 22.6 Å². The molecule has 4 rings (SSSR count). The molecule has 0 radical (unpaired) electrons. The van der Waals surface area contributed by atoms with Gasteiger partial charge in [0.2, 0.25) is 0 Å². The Morgan fingerprint density at radius 2 is 1.92 bits per heavy atom. The van der Waals surface area contributed by atoms with Gasteiger partial charge in [-0.25, -0.2) is 4.79 Å². The van der Waals surface area contributed by atoms with E-state index in [0.29, 0.717) is 24.7 Å². The lowest BCUT2D eigenvalue weighted by atomic mass is 9.85. The Labute approximate surface area is 146 Å². The highest BCUT2D eigenvalue weighted by atomic mass is 16.5. The molecule has 3 aromatic rings. The summed E-state index contributed by atoms with van der Waals surface area (Å²) < 4.78 is 5.02. The summed E-state index contributed by atoms with van der Waals surface area (Å²) in [5.41, 5.74) is 3.67. The van der Waals surface area contributed by atoms with E-state index in [2.05, 4.69) is 40.8 Å². The van der Waals surface area contributed by atoms with Crippen molar-refractivity contribution in [3.05, 3.63) is 83.1 Å². The molecule has 0 aliphatic carbocycles. The Balaban J connectivity index is 1.62. The SMILES string of the molecule is Cc1cc(NC(=O)N2Cc3ccccc3[C@H](c3ccccc3)C2)no1. The van der Waals surface area contributed by atoms with Gasteiger partial charge in [-0.2, -0.15) is 0 Å². The zero-order valence-electron chi connectivity index (χ0n) is 14.0. The van der Waals surface area contributed by atoms with Gasteiger partial charge in [-0.15, -0.1) is 0 Å². The summed E-state index contributed by atoms with van der Waals surface area (Å²) in [5, 5.41) is 6.66. The summed E-state index contributed by atoms with van der Waals surface area (Å²) in [5.74, 6) is 1.27. The number of nitrogens with one attached hydrogen (secondary N) is 1. The molecule has 2 aromatic carbocycles. The number of carbonyl (C=O) groups excluding carboxylic acids is 1. The lowest BCUT2D eigenvalue weighted by Gasteiger charge is -2.34. The Hall–Kier alpha value is -3.08. The van der Waals surface area contributed by atoms with Crippen LogP contribution in [0.1, 0.15) is 28.4 Å². The van der Waals surface area contributed by atoms with Gasteiger partial charge >= 0.3 is 6.03 Å². The maximum atomic E-state index is 12.7. The Bertz CT molecular complexity index is 889. The first-order chi connectivity index (χ1) is 12.2. The third kappa shape index (κ3) is 3.13. The van der Waals surface area contributed by atoms with Gasteiger partial charge < -0.3 is 9.42 Å². The van der Waals surface area contributed by atoms with Crippen LogP contribution in [0.5, 0.6) is 0 Å². The van der Waals surface area contributed by atoms with Gasteiger partial charge in [0.25, 0.3) is 0 Å². The second-order valence-corrected chi connectivity index (χ2v) is 6.30. The number of urea groups is 1. The topological polar surface area (TPSA) is 58.4 Å². The average molecular weight is 333 g/mol. The molecule has 0 fully saturated rings. The second-order valence-electron chi connectivity index (χ2n) is 6.30. The van der Waals surface area contributed by atoms with Gasteiger partial charge in [0.15, 0.2) is 5.82 Å². The minimum absolute atomic E-state index is 0.163. The summed E-state index contributed by atoms with van der Waals surface area (Å²) >= 11 is 0. The maximum Gasteiger partial charge on any atom is 0.323 e. The van der Waals surface area contributed by atoms with Gasteiger partial charge in [0.1, 0.15) is 5.76 Å². The van der Waals surface area contributed by atoms with E-state index in [0.717, 1.165) is 0 Å². The first-order valence-electron chi connectivity index (χ1n) is 8.33.